The lowest BCUT2D eigenvalue weighted by atomic mass is 10.2. The third-order valence-electron chi connectivity index (χ3n) is 4.45. The molecular formula is C18H23N5O2S. The molecule has 0 radical (unpaired) electrons. The van der Waals surface area contributed by atoms with Crippen LogP contribution in [0.5, 0.6) is 0 Å². The van der Waals surface area contributed by atoms with Crippen LogP contribution in [0.1, 0.15) is 32.6 Å². The molecule has 0 saturated heterocycles. The standard InChI is InChI=1S/C18H23N5O2S/c1-12(16(24)20-17(25)19-14-10-6-7-11-14)26-18-22-21-15(23(18)2)13-8-4-3-5-9-13/h3-5,8-9,12,14H,6-7,10-11H2,1-2H3,(H2,19,20,24,25)/t12-/m1/s1. The molecule has 3 amide bonds. The largest absolute Gasteiger partial charge is 0.335 e. The summed E-state index contributed by atoms with van der Waals surface area (Å²) in [7, 11) is 1.86. The first-order chi connectivity index (χ1) is 12.5. The average molecular weight is 373 g/mol. The van der Waals surface area contributed by atoms with Gasteiger partial charge in [0.15, 0.2) is 11.0 Å². The monoisotopic (exact) mass is 373 g/mol. The van der Waals surface area contributed by atoms with Gasteiger partial charge >= 0.3 is 6.03 Å². The summed E-state index contributed by atoms with van der Waals surface area (Å²) in [6.45, 7) is 1.75. The summed E-state index contributed by atoms with van der Waals surface area (Å²) >= 11 is 1.28. The van der Waals surface area contributed by atoms with E-state index in [0.29, 0.717) is 5.16 Å². The first-order valence-corrected chi connectivity index (χ1v) is 9.65. The van der Waals surface area contributed by atoms with Gasteiger partial charge in [-0.2, -0.15) is 0 Å². The Morgan fingerprint density at radius 3 is 2.58 bits per heavy atom. The van der Waals surface area contributed by atoms with E-state index in [2.05, 4.69) is 20.8 Å². The third kappa shape index (κ3) is 4.43. The van der Waals surface area contributed by atoms with Gasteiger partial charge in [-0.25, -0.2) is 4.79 Å². The Morgan fingerprint density at radius 2 is 1.88 bits per heavy atom. The number of benzene rings is 1. The SMILES string of the molecule is C[C@@H](Sc1nnc(-c2ccccc2)n1C)C(=O)NC(=O)NC1CCCC1. The molecule has 0 aliphatic heterocycles. The Labute approximate surface area is 157 Å². The maximum absolute atomic E-state index is 12.3. The number of carbonyl (C=O) groups excluding carboxylic acids is 2. The lowest BCUT2D eigenvalue weighted by Gasteiger charge is -2.14. The summed E-state index contributed by atoms with van der Waals surface area (Å²) in [5, 5.41) is 13.8. The lowest BCUT2D eigenvalue weighted by molar-refractivity contribution is -0.119. The van der Waals surface area contributed by atoms with Crippen LogP contribution in [0.2, 0.25) is 0 Å². The Hall–Kier alpha value is -2.35. The fraction of sp³-hybridized carbons (Fsp3) is 0.444. The molecule has 8 heteroatoms. The predicted molar refractivity (Wildman–Crippen MR) is 101 cm³/mol. The van der Waals surface area contributed by atoms with E-state index in [4.69, 9.17) is 0 Å². The van der Waals surface area contributed by atoms with Crippen molar-refractivity contribution in [2.45, 2.75) is 49.1 Å². The second kappa shape index (κ2) is 8.35. The van der Waals surface area contributed by atoms with Gasteiger partial charge in [0.05, 0.1) is 5.25 Å². The number of urea groups is 1. The quantitative estimate of drug-likeness (QED) is 0.787. The molecule has 1 heterocycles. The molecule has 0 unspecified atom stereocenters. The highest BCUT2D eigenvalue weighted by atomic mass is 32.2. The third-order valence-corrected chi connectivity index (χ3v) is 5.58. The predicted octanol–water partition coefficient (Wildman–Crippen LogP) is 2.73. The van der Waals surface area contributed by atoms with Crippen LogP contribution in [0.25, 0.3) is 11.4 Å². The highest BCUT2D eigenvalue weighted by Gasteiger charge is 2.23. The van der Waals surface area contributed by atoms with E-state index in [-0.39, 0.29) is 11.9 Å². The van der Waals surface area contributed by atoms with Crippen molar-refractivity contribution in [3.05, 3.63) is 30.3 Å². The second-order valence-electron chi connectivity index (χ2n) is 6.44. The number of imide groups is 1. The zero-order valence-corrected chi connectivity index (χ0v) is 15.8. The van der Waals surface area contributed by atoms with Crippen molar-refractivity contribution in [2.24, 2.45) is 7.05 Å². The molecule has 1 aliphatic rings. The number of amides is 3. The van der Waals surface area contributed by atoms with Crippen LogP contribution in [0.3, 0.4) is 0 Å². The number of nitrogens with one attached hydrogen (secondary N) is 2. The lowest BCUT2D eigenvalue weighted by Crippen LogP contribution is -2.45. The van der Waals surface area contributed by atoms with Crippen LogP contribution < -0.4 is 10.6 Å². The van der Waals surface area contributed by atoms with Crippen molar-refractivity contribution in [3.63, 3.8) is 0 Å². The average Bonchev–Trinajstić information content (AvgIpc) is 3.26. The maximum atomic E-state index is 12.3. The van der Waals surface area contributed by atoms with Crippen molar-refractivity contribution < 1.29 is 9.59 Å². The van der Waals surface area contributed by atoms with Crippen molar-refractivity contribution >= 4 is 23.7 Å². The smallest absolute Gasteiger partial charge is 0.321 e. The Balaban J connectivity index is 1.57. The molecule has 138 valence electrons. The summed E-state index contributed by atoms with van der Waals surface area (Å²) < 4.78 is 1.85. The van der Waals surface area contributed by atoms with E-state index >= 15 is 0 Å². The van der Waals surface area contributed by atoms with E-state index < -0.39 is 11.3 Å². The number of carbonyl (C=O) groups is 2. The fourth-order valence-corrected chi connectivity index (χ4v) is 3.79. The zero-order chi connectivity index (χ0) is 18.5. The van der Waals surface area contributed by atoms with Crippen molar-refractivity contribution in [1.82, 2.24) is 25.4 Å². The second-order valence-corrected chi connectivity index (χ2v) is 7.74. The summed E-state index contributed by atoms with van der Waals surface area (Å²) in [6.07, 6.45) is 4.21. The van der Waals surface area contributed by atoms with Gasteiger partial charge in [-0.1, -0.05) is 54.9 Å². The number of aromatic nitrogens is 3. The van der Waals surface area contributed by atoms with Gasteiger partial charge in [0.2, 0.25) is 5.91 Å². The van der Waals surface area contributed by atoms with Crippen LogP contribution >= 0.6 is 11.8 Å². The van der Waals surface area contributed by atoms with Crippen LogP contribution in [0, 0.1) is 0 Å². The number of rotatable bonds is 5. The normalized spacial score (nSPS) is 15.6. The Morgan fingerprint density at radius 1 is 1.19 bits per heavy atom. The minimum Gasteiger partial charge on any atom is -0.335 e. The van der Waals surface area contributed by atoms with E-state index in [9.17, 15) is 9.59 Å². The zero-order valence-electron chi connectivity index (χ0n) is 14.9. The first kappa shape index (κ1) is 18.4. The minimum atomic E-state index is -0.462. The van der Waals surface area contributed by atoms with Crippen LogP contribution in [-0.4, -0.2) is 38.0 Å². The number of nitrogens with zero attached hydrogens (tertiary/aromatic N) is 3. The van der Waals surface area contributed by atoms with E-state index in [0.717, 1.165) is 37.1 Å². The molecule has 1 saturated carbocycles. The van der Waals surface area contributed by atoms with Gasteiger partial charge in [-0.3, -0.25) is 10.1 Å². The number of hydrogen-bond acceptors (Lipinski definition) is 5. The van der Waals surface area contributed by atoms with Gasteiger partial charge < -0.3 is 9.88 Å². The van der Waals surface area contributed by atoms with Crippen LogP contribution in [0.15, 0.2) is 35.5 Å². The fourth-order valence-electron chi connectivity index (χ4n) is 2.97. The number of thioether (sulfide) groups is 1. The molecule has 1 aromatic carbocycles. The topological polar surface area (TPSA) is 88.9 Å². The molecule has 0 bridgehead atoms. The van der Waals surface area contributed by atoms with Gasteiger partial charge in [-0.15, -0.1) is 10.2 Å². The maximum Gasteiger partial charge on any atom is 0.321 e. The summed E-state index contributed by atoms with van der Waals surface area (Å²) in [6, 6.07) is 9.50. The minimum absolute atomic E-state index is 0.179. The van der Waals surface area contributed by atoms with Crippen molar-refractivity contribution in [2.75, 3.05) is 0 Å². The molecule has 1 aromatic heterocycles. The van der Waals surface area contributed by atoms with E-state index in [1.165, 1.54) is 11.8 Å². The van der Waals surface area contributed by atoms with E-state index in [1.54, 1.807) is 6.92 Å². The Kier molecular flexibility index (Phi) is 5.92. The molecule has 1 aliphatic carbocycles. The highest BCUT2D eigenvalue weighted by Crippen LogP contribution is 2.25. The van der Waals surface area contributed by atoms with Gasteiger partial charge in [0.25, 0.3) is 0 Å². The molecule has 2 aromatic rings. The van der Waals surface area contributed by atoms with Gasteiger partial charge in [0.1, 0.15) is 0 Å². The van der Waals surface area contributed by atoms with Crippen molar-refractivity contribution in [3.8, 4) is 11.4 Å². The molecular weight excluding hydrogens is 350 g/mol. The van der Waals surface area contributed by atoms with Gasteiger partial charge in [0, 0.05) is 18.7 Å². The highest BCUT2D eigenvalue weighted by molar-refractivity contribution is 8.00. The molecule has 0 spiro atoms. The Bertz CT molecular complexity index is 771. The summed E-state index contributed by atoms with van der Waals surface area (Å²) in [4.78, 5) is 24.2. The molecule has 1 fully saturated rings. The summed E-state index contributed by atoms with van der Waals surface area (Å²) in [5.41, 5.74) is 0.961. The first-order valence-electron chi connectivity index (χ1n) is 8.77. The number of hydrogen-bond donors (Lipinski definition) is 2. The van der Waals surface area contributed by atoms with Crippen molar-refractivity contribution in [1.29, 1.82) is 0 Å². The molecule has 2 N–H and O–H groups in total. The van der Waals surface area contributed by atoms with E-state index in [1.807, 2.05) is 41.9 Å². The van der Waals surface area contributed by atoms with Gasteiger partial charge in [-0.05, 0) is 19.8 Å². The summed E-state index contributed by atoms with van der Waals surface area (Å²) in [5.74, 6) is 0.398. The molecule has 1 atom stereocenters. The molecule has 3 rings (SSSR count). The molecule has 7 nitrogen and oxygen atoms in total. The van der Waals surface area contributed by atoms with Crippen LogP contribution in [-0.2, 0) is 11.8 Å². The molecule has 26 heavy (non-hydrogen) atoms. The van der Waals surface area contributed by atoms with Crippen LogP contribution in [0.4, 0.5) is 4.79 Å².